The summed E-state index contributed by atoms with van der Waals surface area (Å²) in [7, 11) is 1.49. The van der Waals surface area contributed by atoms with Crippen molar-refractivity contribution in [2.75, 3.05) is 12.4 Å². The van der Waals surface area contributed by atoms with E-state index in [1.165, 1.54) is 13.4 Å². The van der Waals surface area contributed by atoms with E-state index in [9.17, 15) is 4.79 Å². The van der Waals surface area contributed by atoms with Gasteiger partial charge in [-0.15, -0.1) is 0 Å². The second kappa shape index (κ2) is 5.89. The third-order valence-electron chi connectivity index (χ3n) is 2.05. The fourth-order valence-corrected chi connectivity index (χ4v) is 1.25. The van der Waals surface area contributed by atoms with Gasteiger partial charge in [0.1, 0.15) is 18.2 Å². The third-order valence-corrected chi connectivity index (χ3v) is 2.05. The minimum absolute atomic E-state index is 0.401. The number of carboxylic acid groups (broad SMARTS) is 1. The lowest BCUT2D eigenvalue weighted by molar-refractivity contribution is -0.138. The molecule has 1 aromatic rings. The number of anilines is 1. The number of nitrogens with one attached hydrogen (secondary N) is 1. The molecule has 6 heteroatoms. The molecule has 1 rings (SSSR count). The highest BCUT2D eigenvalue weighted by atomic mass is 16.5. The van der Waals surface area contributed by atoms with Crippen molar-refractivity contribution in [2.45, 2.75) is 25.8 Å². The summed E-state index contributed by atoms with van der Waals surface area (Å²) in [5.41, 5.74) is 0. The molecule has 0 saturated carbocycles. The van der Waals surface area contributed by atoms with Gasteiger partial charge in [0.05, 0.1) is 7.11 Å². The largest absolute Gasteiger partial charge is 0.481 e. The van der Waals surface area contributed by atoms with Crippen LogP contribution in [0.2, 0.25) is 0 Å². The van der Waals surface area contributed by atoms with Crippen molar-refractivity contribution in [3.05, 3.63) is 12.4 Å². The second-order valence-corrected chi connectivity index (χ2v) is 3.27. The lowest BCUT2D eigenvalue weighted by atomic mass is 10.2. The number of nitrogens with zero attached hydrogens (tertiary/aromatic N) is 2. The van der Waals surface area contributed by atoms with Gasteiger partial charge >= 0.3 is 5.97 Å². The summed E-state index contributed by atoms with van der Waals surface area (Å²) in [6.45, 7) is 1.93. The zero-order chi connectivity index (χ0) is 12.0. The maximum atomic E-state index is 10.9. The summed E-state index contributed by atoms with van der Waals surface area (Å²) in [6.07, 6.45) is 2.65. The molecule has 0 aliphatic rings. The molecule has 1 aromatic heterocycles. The number of rotatable bonds is 6. The Morgan fingerprint density at radius 3 is 2.94 bits per heavy atom. The molecule has 1 atom stereocenters. The van der Waals surface area contributed by atoms with E-state index in [2.05, 4.69) is 15.3 Å². The molecule has 0 aliphatic heterocycles. The Labute approximate surface area is 93.7 Å². The maximum Gasteiger partial charge on any atom is 0.326 e. The number of aliphatic carboxylic acids is 1. The van der Waals surface area contributed by atoms with Crippen LogP contribution in [0.5, 0.6) is 5.88 Å². The van der Waals surface area contributed by atoms with Crippen LogP contribution < -0.4 is 10.1 Å². The van der Waals surface area contributed by atoms with E-state index in [0.717, 1.165) is 6.42 Å². The van der Waals surface area contributed by atoms with E-state index < -0.39 is 12.0 Å². The van der Waals surface area contributed by atoms with Gasteiger partial charge in [0.25, 0.3) is 0 Å². The Balaban J connectivity index is 2.72. The number of hydrogen-bond donors (Lipinski definition) is 2. The quantitative estimate of drug-likeness (QED) is 0.755. The highest BCUT2D eigenvalue weighted by Gasteiger charge is 2.16. The van der Waals surface area contributed by atoms with Crippen LogP contribution in [0.15, 0.2) is 12.4 Å². The average molecular weight is 225 g/mol. The zero-order valence-electron chi connectivity index (χ0n) is 9.30. The molecular formula is C10H15N3O3. The summed E-state index contributed by atoms with van der Waals surface area (Å²) >= 11 is 0. The van der Waals surface area contributed by atoms with Crippen molar-refractivity contribution in [3.63, 3.8) is 0 Å². The number of carbonyl (C=O) groups is 1. The highest BCUT2D eigenvalue weighted by Crippen LogP contribution is 2.12. The first-order valence-electron chi connectivity index (χ1n) is 5.02. The van der Waals surface area contributed by atoms with E-state index in [0.29, 0.717) is 18.1 Å². The molecule has 1 heterocycles. The predicted octanol–water partition coefficient (Wildman–Crippen LogP) is 1.15. The highest BCUT2D eigenvalue weighted by molar-refractivity contribution is 5.76. The first-order chi connectivity index (χ1) is 7.67. The maximum absolute atomic E-state index is 10.9. The summed E-state index contributed by atoms with van der Waals surface area (Å²) < 4.78 is 4.92. The molecule has 0 fully saturated rings. The van der Waals surface area contributed by atoms with E-state index in [1.54, 1.807) is 6.07 Å². The molecule has 1 unspecified atom stereocenters. The minimum atomic E-state index is -0.889. The van der Waals surface area contributed by atoms with E-state index in [4.69, 9.17) is 9.84 Å². The molecule has 2 N–H and O–H groups in total. The number of aromatic nitrogens is 2. The fourth-order valence-electron chi connectivity index (χ4n) is 1.25. The molecular weight excluding hydrogens is 210 g/mol. The van der Waals surface area contributed by atoms with Gasteiger partial charge in [0, 0.05) is 6.07 Å². The van der Waals surface area contributed by atoms with Crippen molar-refractivity contribution >= 4 is 11.8 Å². The Bertz CT molecular complexity index is 357. The van der Waals surface area contributed by atoms with Gasteiger partial charge < -0.3 is 15.2 Å². The second-order valence-electron chi connectivity index (χ2n) is 3.27. The van der Waals surface area contributed by atoms with Crippen molar-refractivity contribution in [3.8, 4) is 5.88 Å². The normalized spacial score (nSPS) is 11.9. The van der Waals surface area contributed by atoms with Crippen molar-refractivity contribution in [1.82, 2.24) is 9.97 Å². The lowest BCUT2D eigenvalue weighted by Crippen LogP contribution is -2.29. The topological polar surface area (TPSA) is 84.3 Å². The average Bonchev–Trinajstić information content (AvgIpc) is 2.28. The Morgan fingerprint density at radius 1 is 1.62 bits per heavy atom. The SMILES string of the molecule is CCCC(Nc1cc(OC)ncn1)C(=O)O. The van der Waals surface area contributed by atoms with Crippen LogP contribution in [0.25, 0.3) is 0 Å². The third kappa shape index (κ3) is 3.38. The Hall–Kier alpha value is -1.85. The van der Waals surface area contributed by atoms with E-state index >= 15 is 0 Å². The molecule has 6 nitrogen and oxygen atoms in total. The number of hydrogen-bond acceptors (Lipinski definition) is 5. The summed E-state index contributed by atoms with van der Waals surface area (Å²) in [6, 6.07) is 0.926. The standard InChI is InChI=1S/C10H15N3O3/c1-3-4-7(10(14)15)13-8-5-9(16-2)12-6-11-8/h5-7H,3-4H2,1-2H3,(H,14,15)(H,11,12,13). The van der Waals surface area contributed by atoms with Gasteiger partial charge in [-0.05, 0) is 6.42 Å². The molecule has 16 heavy (non-hydrogen) atoms. The summed E-state index contributed by atoms with van der Waals surface area (Å²) in [5, 5.41) is 11.8. The van der Waals surface area contributed by atoms with Crippen LogP contribution in [0.3, 0.4) is 0 Å². The van der Waals surface area contributed by atoms with Crippen molar-refractivity contribution < 1.29 is 14.6 Å². The monoisotopic (exact) mass is 225 g/mol. The predicted molar refractivity (Wildman–Crippen MR) is 58.5 cm³/mol. The van der Waals surface area contributed by atoms with Crippen molar-refractivity contribution in [1.29, 1.82) is 0 Å². The van der Waals surface area contributed by atoms with Crippen LogP contribution in [0.1, 0.15) is 19.8 Å². The van der Waals surface area contributed by atoms with Gasteiger partial charge in [0.15, 0.2) is 0 Å². The molecule has 88 valence electrons. The zero-order valence-corrected chi connectivity index (χ0v) is 9.30. The van der Waals surface area contributed by atoms with Crippen LogP contribution in [0, 0.1) is 0 Å². The Morgan fingerprint density at radius 2 is 2.38 bits per heavy atom. The molecule has 0 bridgehead atoms. The van der Waals surface area contributed by atoms with Gasteiger partial charge in [-0.1, -0.05) is 13.3 Å². The van der Waals surface area contributed by atoms with Gasteiger partial charge in [-0.25, -0.2) is 14.8 Å². The van der Waals surface area contributed by atoms with Crippen LogP contribution in [0.4, 0.5) is 5.82 Å². The molecule has 0 aliphatic carbocycles. The van der Waals surface area contributed by atoms with E-state index in [-0.39, 0.29) is 0 Å². The van der Waals surface area contributed by atoms with Gasteiger partial charge in [-0.3, -0.25) is 0 Å². The molecule has 0 aromatic carbocycles. The number of carboxylic acids is 1. The molecule has 0 radical (unpaired) electrons. The smallest absolute Gasteiger partial charge is 0.326 e. The molecule has 0 saturated heterocycles. The lowest BCUT2D eigenvalue weighted by Gasteiger charge is -2.13. The number of ether oxygens (including phenoxy) is 1. The molecule has 0 spiro atoms. The first kappa shape index (κ1) is 12.2. The first-order valence-corrected chi connectivity index (χ1v) is 5.02. The van der Waals surface area contributed by atoms with Crippen LogP contribution in [-0.2, 0) is 4.79 Å². The van der Waals surface area contributed by atoms with Gasteiger partial charge in [0.2, 0.25) is 5.88 Å². The van der Waals surface area contributed by atoms with Crippen LogP contribution in [-0.4, -0.2) is 34.2 Å². The number of methoxy groups -OCH3 is 1. The van der Waals surface area contributed by atoms with Crippen LogP contribution >= 0.6 is 0 Å². The fraction of sp³-hybridized carbons (Fsp3) is 0.500. The Kier molecular flexibility index (Phi) is 4.50. The summed E-state index contributed by atoms with van der Waals surface area (Å²) in [4.78, 5) is 18.7. The minimum Gasteiger partial charge on any atom is -0.481 e. The van der Waals surface area contributed by atoms with Gasteiger partial charge in [-0.2, -0.15) is 0 Å². The van der Waals surface area contributed by atoms with E-state index in [1.807, 2.05) is 6.92 Å². The molecule has 0 amide bonds. The van der Waals surface area contributed by atoms with Crippen molar-refractivity contribution in [2.24, 2.45) is 0 Å². The summed E-state index contributed by atoms with van der Waals surface area (Å²) in [5.74, 6) is -0.0368.